The Morgan fingerprint density at radius 3 is 2.02 bits per heavy atom. The number of benzene rings is 3. The molecule has 0 bridgehead atoms. The molecule has 8 heteroatoms. The van der Waals surface area contributed by atoms with Crippen LogP contribution in [0.5, 0.6) is 5.75 Å². The lowest BCUT2D eigenvalue weighted by Crippen LogP contribution is -2.52. The summed E-state index contributed by atoms with van der Waals surface area (Å²) in [5.41, 5.74) is 5.02. The zero-order valence-electron chi connectivity index (χ0n) is 25.2. The second-order valence-electron chi connectivity index (χ2n) is 11.5. The zero-order valence-corrected chi connectivity index (χ0v) is 25.2. The summed E-state index contributed by atoms with van der Waals surface area (Å²) in [7, 11) is 1.57. The standard InChI is InChI=1S/C33H41N3O5/c1-20-11-10-14-26(23(20)4)29(30(38)35-28-21(2)12-9-13-22(28)3)36(8)31(39)27(34-32(40)41-33(5,6)7)19-24-15-17-25(37)18-16-24/h9-18,27,29,37H,19H2,1-8H3,(H,34,40)(H,35,38). The van der Waals surface area contributed by atoms with Crippen LogP contribution in [0.2, 0.25) is 0 Å². The van der Waals surface area contributed by atoms with Gasteiger partial charge in [-0.1, -0.05) is 48.5 Å². The summed E-state index contributed by atoms with van der Waals surface area (Å²) in [5.74, 6) is -0.744. The normalized spacial score (nSPS) is 12.7. The van der Waals surface area contributed by atoms with E-state index in [1.807, 2.05) is 64.1 Å². The number of nitrogens with one attached hydrogen (secondary N) is 2. The van der Waals surface area contributed by atoms with E-state index in [4.69, 9.17) is 4.74 Å². The summed E-state index contributed by atoms with van der Waals surface area (Å²) < 4.78 is 5.45. The fourth-order valence-corrected chi connectivity index (χ4v) is 4.69. The SMILES string of the molecule is Cc1cccc(C(C(=O)Nc2c(C)cccc2C)N(C)C(=O)C(Cc2ccc(O)cc2)NC(=O)OC(C)(C)C)c1C. The van der Waals surface area contributed by atoms with E-state index < -0.39 is 29.7 Å². The van der Waals surface area contributed by atoms with Crippen molar-refractivity contribution in [1.29, 1.82) is 0 Å². The maximum Gasteiger partial charge on any atom is 0.408 e. The maximum atomic E-state index is 14.1. The molecule has 8 nitrogen and oxygen atoms in total. The first-order valence-corrected chi connectivity index (χ1v) is 13.6. The Hall–Kier alpha value is -4.33. The highest BCUT2D eigenvalue weighted by molar-refractivity contribution is 6.00. The van der Waals surface area contributed by atoms with Crippen molar-refractivity contribution in [1.82, 2.24) is 10.2 Å². The number of hydrogen-bond donors (Lipinski definition) is 3. The minimum absolute atomic E-state index is 0.0898. The third-order valence-electron chi connectivity index (χ3n) is 7.02. The number of aromatic hydroxyl groups is 1. The molecule has 0 spiro atoms. The van der Waals surface area contributed by atoms with Crippen LogP contribution in [0, 0.1) is 27.7 Å². The van der Waals surface area contributed by atoms with Gasteiger partial charge in [0, 0.05) is 19.2 Å². The van der Waals surface area contributed by atoms with Crippen LogP contribution in [0.25, 0.3) is 0 Å². The third kappa shape index (κ3) is 8.10. The van der Waals surface area contributed by atoms with Crippen molar-refractivity contribution in [2.24, 2.45) is 0 Å². The molecular weight excluding hydrogens is 518 g/mol. The lowest BCUT2D eigenvalue weighted by molar-refractivity contribution is -0.139. The number of alkyl carbamates (subject to hydrolysis) is 1. The number of anilines is 1. The number of carbonyl (C=O) groups excluding carboxylic acids is 3. The van der Waals surface area contributed by atoms with Gasteiger partial charge in [0.05, 0.1) is 0 Å². The van der Waals surface area contributed by atoms with Gasteiger partial charge in [0.1, 0.15) is 23.4 Å². The molecular formula is C33H41N3O5. The van der Waals surface area contributed by atoms with Crippen molar-refractivity contribution in [3.63, 3.8) is 0 Å². The van der Waals surface area contributed by atoms with E-state index in [2.05, 4.69) is 10.6 Å². The van der Waals surface area contributed by atoms with Crippen molar-refractivity contribution >= 4 is 23.6 Å². The fourth-order valence-electron chi connectivity index (χ4n) is 4.69. The molecule has 0 aliphatic carbocycles. The van der Waals surface area contributed by atoms with Gasteiger partial charge in [-0.15, -0.1) is 0 Å². The molecule has 0 heterocycles. The van der Waals surface area contributed by atoms with E-state index in [1.165, 1.54) is 17.0 Å². The Morgan fingerprint density at radius 2 is 1.44 bits per heavy atom. The van der Waals surface area contributed by atoms with Gasteiger partial charge >= 0.3 is 6.09 Å². The highest BCUT2D eigenvalue weighted by Gasteiger charge is 2.35. The van der Waals surface area contributed by atoms with Crippen molar-refractivity contribution in [3.05, 3.63) is 94.0 Å². The Balaban J connectivity index is 2.03. The molecule has 0 fully saturated rings. The molecule has 0 saturated carbocycles. The molecule has 2 atom stereocenters. The number of hydrogen-bond acceptors (Lipinski definition) is 5. The van der Waals surface area contributed by atoms with Gasteiger partial charge in [0.15, 0.2) is 0 Å². The fraction of sp³-hybridized carbons (Fsp3) is 0.364. The molecule has 0 aliphatic rings. The van der Waals surface area contributed by atoms with Crippen molar-refractivity contribution in [2.75, 3.05) is 12.4 Å². The monoisotopic (exact) mass is 559 g/mol. The van der Waals surface area contributed by atoms with E-state index in [9.17, 15) is 19.5 Å². The highest BCUT2D eigenvalue weighted by Crippen LogP contribution is 2.29. The van der Waals surface area contributed by atoms with E-state index in [-0.39, 0.29) is 18.1 Å². The number of amides is 3. The molecule has 3 aromatic rings. The van der Waals surface area contributed by atoms with Crippen LogP contribution >= 0.6 is 0 Å². The Bertz CT molecular complexity index is 1390. The summed E-state index contributed by atoms with van der Waals surface area (Å²) in [6.45, 7) is 12.9. The summed E-state index contributed by atoms with van der Waals surface area (Å²) in [4.78, 5) is 42.3. The van der Waals surface area contributed by atoms with Gasteiger partial charge in [0.25, 0.3) is 5.91 Å². The molecule has 3 amide bonds. The molecule has 218 valence electrons. The number of rotatable bonds is 8. The number of para-hydroxylation sites is 1. The van der Waals surface area contributed by atoms with E-state index >= 15 is 0 Å². The molecule has 0 radical (unpaired) electrons. The van der Waals surface area contributed by atoms with Crippen LogP contribution in [0.3, 0.4) is 0 Å². The first-order valence-electron chi connectivity index (χ1n) is 13.6. The number of aryl methyl sites for hydroxylation is 3. The van der Waals surface area contributed by atoms with Crippen molar-refractivity contribution in [3.8, 4) is 5.75 Å². The van der Waals surface area contributed by atoms with E-state index in [0.717, 1.165) is 22.3 Å². The summed E-state index contributed by atoms with van der Waals surface area (Å²) in [5, 5.41) is 15.5. The lowest BCUT2D eigenvalue weighted by atomic mass is 9.94. The Morgan fingerprint density at radius 1 is 0.878 bits per heavy atom. The van der Waals surface area contributed by atoms with Crippen LogP contribution in [-0.4, -0.2) is 46.6 Å². The van der Waals surface area contributed by atoms with E-state index in [1.54, 1.807) is 40.0 Å². The largest absolute Gasteiger partial charge is 0.508 e. The van der Waals surface area contributed by atoms with Crippen molar-refractivity contribution in [2.45, 2.75) is 72.6 Å². The number of phenolic OH excluding ortho intramolecular Hbond substituents is 1. The smallest absolute Gasteiger partial charge is 0.408 e. The summed E-state index contributed by atoms with van der Waals surface area (Å²) in [6, 6.07) is 15.8. The van der Waals surface area contributed by atoms with Crippen LogP contribution in [0.4, 0.5) is 10.5 Å². The lowest BCUT2D eigenvalue weighted by Gasteiger charge is -2.33. The second kappa shape index (κ2) is 12.9. The van der Waals surface area contributed by atoms with Crippen molar-refractivity contribution < 1.29 is 24.2 Å². The minimum Gasteiger partial charge on any atom is -0.508 e. The van der Waals surface area contributed by atoms with Crippen LogP contribution in [0.15, 0.2) is 60.7 Å². The predicted molar refractivity (Wildman–Crippen MR) is 161 cm³/mol. The van der Waals surface area contributed by atoms with Crippen LogP contribution in [0.1, 0.15) is 60.2 Å². The Labute approximate surface area is 242 Å². The number of likely N-dealkylation sites (N-methyl/N-ethyl adjacent to an activating group) is 1. The number of carbonyl (C=O) groups is 3. The molecule has 3 N–H and O–H groups in total. The number of phenols is 1. The summed E-state index contributed by atoms with van der Waals surface area (Å²) >= 11 is 0. The first-order chi connectivity index (χ1) is 19.2. The van der Waals surface area contributed by atoms with Crippen LogP contribution in [-0.2, 0) is 20.7 Å². The molecule has 2 unspecified atom stereocenters. The second-order valence-corrected chi connectivity index (χ2v) is 11.5. The average molecular weight is 560 g/mol. The Kier molecular flexibility index (Phi) is 9.81. The van der Waals surface area contributed by atoms with Gasteiger partial charge < -0.3 is 25.4 Å². The number of nitrogens with zero attached hydrogens (tertiary/aromatic N) is 1. The molecule has 41 heavy (non-hydrogen) atoms. The third-order valence-corrected chi connectivity index (χ3v) is 7.02. The first kappa shape index (κ1) is 31.2. The van der Waals surface area contributed by atoms with Gasteiger partial charge in [-0.3, -0.25) is 9.59 Å². The number of ether oxygens (including phenoxy) is 1. The van der Waals surface area contributed by atoms with Crippen LogP contribution < -0.4 is 10.6 Å². The van der Waals surface area contributed by atoms with Gasteiger partial charge in [0.2, 0.25) is 5.91 Å². The zero-order chi connectivity index (χ0) is 30.5. The predicted octanol–water partition coefficient (Wildman–Crippen LogP) is 5.90. The van der Waals surface area contributed by atoms with E-state index in [0.29, 0.717) is 16.8 Å². The molecule has 0 aromatic heterocycles. The molecule has 0 saturated heterocycles. The average Bonchev–Trinajstić information content (AvgIpc) is 2.88. The van der Waals surface area contributed by atoms with Gasteiger partial charge in [-0.2, -0.15) is 0 Å². The molecule has 3 rings (SSSR count). The van der Waals surface area contributed by atoms with Gasteiger partial charge in [-0.05, 0) is 94.0 Å². The van der Waals surface area contributed by atoms with Gasteiger partial charge in [-0.25, -0.2) is 4.79 Å². The highest BCUT2D eigenvalue weighted by atomic mass is 16.6. The summed E-state index contributed by atoms with van der Waals surface area (Å²) in [6.07, 6.45) is -0.618. The minimum atomic E-state index is -1.04. The molecule has 0 aliphatic heterocycles. The quantitative estimate of drug-likeness (QED) is 0.319. The topological polar surface area (TPSA) is 108 Å². The maximum absolute atomic E-state index is 14.1. The molecule has 3 aromatic carbocycles.